The van der Waals surface area contributed by atoms with Crippen LogP contribution in [0, 0.1) is 0 Å². The minimum atomic E-state index is -0.437. The van der Waals surface area contributed by atoms with Gasteiger partial charge in [-0.05, 0) is 26.8 Å². The molecule has 4 nitrogen and oxygen atoms in total. The highest BCUT2D eigenvalue weighted by molar-refractivity contribution is 5.68. The number of amides is 1. The van der Waals surface area contributed by atoms with Crippen LogP contribution in [0.3, 0.4) is 0 Å². The van der Waals surface area contributed by atoms with Crippen molar-refractivity contribution in [3.8, 4) is 0 Å². The highest BCUT2D eigenvalue weighted by Gasteiger charge is 2.21. The zero-order valence-electron chi connectivity index (χ0n) is 8.95. The Morgan fingerprint density at radius 2 is 2.21 bits per heavy atom. The van der Waals surface area contributed by atoms with E-state index in [0.717, 1.165) is 0 Å². The molecule has 1 rings (SSSR count). The summed E-state index contributed by atoms with van der Waals surface area (Å²) < 4.78 is 10.3. The van der Waals surface area contributed by atoms with Gasteiger partial charge >= 0.3 is 6.09 Å². The van der Waals surface area contributed by atoms with Gasteiger partial charge in [-0.25, -0.2) is 4.79 Å². The van der Waals surface area contributed by atoms with Crippen LogP contribution < -0.4 is 0 Å². The van der Waals surface area contributed by atoms with Crippen molar-refractivity contribution in [2.24, 2.45) is 0 Å². The maximum atomic E-state index is 11.6. The number of nitrogens with zero attached hydrogens (tertiary/aromatic N) is 1. The van der Waals surface area contributed by atoms with Crippen LogP contribution in [0.5, 0.6) is 0 Å². The Kier molecular flexibility index (Phi) is 3.38. The van der Waals surface area contributed by atoms with Gasteiger partial charge in [0.25, 0.3) is 0 Å². The normalized spacial score (nSPS) is 17.2. The average Bonchev–Trinajstić information content (AvgIpc) is 2.27. The summed E-state index contributed by atoms with van der Waals surface area (Å²) in [6.45, 7) is 7.21. The lowest BCUT2D eigenvalue weighted by Crippen LogP contribution is -2.38. The molecule has 4 heteroatoms. The SMILES string of the molecule is CC(C)(C)OC(=O)N1CC=COCC1. The van der Waals surface area contributed by atoms with Crippen LogP contribution in [0.25, 0.3) is 0 Å². The van der Waals surface area contributed by atoms with Gasteiger partial charge in [0.2, 0.25) is 0 Å². The Labute approximate surface area is 84.5 Å². The monoisotopic (exact) mass is 199 g/mol. The van der Waals surface area contributed by atoms with Crippen molar-refractivity contribution in [1.82, 2.24) is 4.90 Å². The van der Waals surface area contributed by atoms with E-state index in [-0.39, 0.29) is 6.09 Å². The van der Waals surface area contributed by atoms with Crippen molar-refractivity contribution in [2.45, 2.75) is 26.4 Å². The van der Waals surface area contributed by atoms with Gasteiger partial charge in [0.05, 0.1) is 12.8 Å². The fourth-order valence-corrected chi connectivity index (χ4v) is 1.05. The first kappa shape index (κ1) is 10.9. The lowest BCUT2D eigenvalue weighted by molar-refractivity contribution is 0.0252. The van der Waals surface area contributed by atoms with Crippen LogP contribution in [0.1, 0.15) is 20.8 Å². The predicted octanol–water partition coefficient (Wildman–Crippen LogP) is 1.77. The van der Waals surface area contributed by atoms with Crippen LogP contribution in [0.2, 0.25) is 0 Å². The topological polar surface area (TPSA) is 38.8 Å². The fourth-order valence-electron chi connectivity index (χ4n) is 1.05. The van der Waals surface area contributed by atoms with E-state index in [2.05, 4.69) is 0 Å². The van der Waals surface area contributed by atoms with Crippen LogP contribution in [-0.2, 0) is 9.47 Å². The third-order valence-corrected chi connectivity index (χ3v) is 1.65. The third kappa shape index (κ3) is 3.68. The number of rotatable bonds is 0. The highest BCUT2D eigenvalue weighted by Crippen LogP contribution is 2.10. The molecule has 1 amide bonds. The summed E-state index contributed by atoms with van der Waals surface area (Å²) in [4.78, 5) is 13.2. The van der Waals surface area contributed by atoms with Crippen molar-refractivity contribution in [3.63, 3.8) is 0 Å². The Hall–Kier alpha value is -1.19. The van der Waals surface area contributed by atoms with Gasteiger partial charge in [0.15, 0.2) is 0 Å². The minimum absolute atomic E-state index is 0.285. The molecule has 1 heterocycles. The maximum absolute atomic E-state index is 11.6. The first-order chi connectivity index (χ1) is 6.49. The third-order valence-electron chi connectivity index (χ3n) is 1.65. The van der Waals surface area contributed by atoms with Gasteiger partial charge in [0.1, 0.15) is 12.2 Å². The van der Waals surface area contributed by atoms with E-state index in [1.807, 2.05) is 20.8 Å². The number of ether oxygens (including phenoxy) is 2. The average molecular weight is 199 g/mol. The molecule has 0 N–H and O–H groups in total. The molecule has 0 saturated carbocycles. The Bertz CT molecular complexity index is 230. The zero-order chi connectivity index (χ0) is 10.6. The predicted molar refractivity (Wildman–Crippen MR) is 52.9 cm³/mol. The second kappa shape index (κ2) is 4.35. The van der Waals surface area contributed by atoms with Gasteiger partial charge in [0, 0.05) is 6.54 Å². The zero-order valence-corrected chi connectivity index (χ0v) is 8.95. The molecule has 1 aliphatic rings. The lowest BCUT2D eigenvalue weighted by Gasteiger charge is -2.25. The number of carbonyl (C=O) groups excluding carboxylic acids is 1. The summed E-state index contributed by atoms with van der Waals surface area (Å²) in [5.41, 5.74) is -0.437. The molecule has 0 fully saturated rings. The van der Waals surface area contributed by atoms with E-state index in [0.29, 0.717) is 19.7 Å². The molecule has 1 aliphatic heterocycles. The molecule has 0 bridgehead atoms. The molecule has 0 spiro atoms. The van der Waals surface area contributed by atoms with Crippen LogP contribution in [0.15, 0.2) is 12.3 Å². The quantitative estimate of drug-likeness (QED) is 0.596. The molecule has 14 heavy (non-hydrogen) atoms. The van der Waals surface area contributed by atoms with Gasteiger partial charge in [-0.15, -0.1) is 0 Å². The summed E-state index contributed by atoms with van der Waals surface area (Å²) in [5, 5.41) is 0. The standard InChI is InChI=1S/C10H17NO3/c1-10(2,3)14-9(12)11-5-4-7-13-8-6-11/h4,7H,5-6,8H2,1-3H3. The van der Waals surface area contributed by atoms with Crippen molar-refractivity contribution in [1.29, 1.82) is 0 Å². The first-order valence-electron chi connectivity index (χ1n) is 4.73. The van der Waals surface area contributed by atoms with E-state index in [4.69, 9.17) is 9.47 Å². The fraction of sp³-hybridized carbons (Fsp3) is 0.700. The van der Waals surface area contributed by atoms with E-state index in [1.165, 1.54) is 0 Å². The molecule has 0 aromatic heterocycles. The van der Waals surface area contributed by atoms with Crippen LogP contribution in [0.4, 0.5) is 4.79 Å². The van der Waals surface area contributed by atoms with Gasteiger partial charge < -0.3 is 14.4 Å². The summed E-state index contributed by atoms with van der Waals surface area (Å²) in [7, 11) is 0. The molecular formula is C10H17NO3. The number of hydrogen-bond acceptors (Lipinski definition) is 3. The van der Waals surface area contributed by atoms with Crippen LogP contribution >= 0.6 is 0 Å². The second-order valence-corrected chi connectivity index (χ2v) is 4.17. The largest absolute Gasteiger partial charge is 0.500 e. The molecular weight excluding hydrogens is 182 g/mol. The number of carbonyl (C=O) groups is 1. The molecule has 0 aliphatic carbocycles. The molecule has 80 valence electrons. The Morgan fingerprint density at radius 1 is 1.50 bits per heavy atom. The van der Waals surface area contributed by atoms with Crippen LogP contribution in [-0.4, -0.2) is 36.3 Å². The summed E-state index contributed by atoms with van der Waals surface area (Å²) in [5.74, 6) is 0. The van der Waals surface area contributed by atoms with Crippen molar-refractivity contribution in [2.75, 3.05) is 19.7 Å². The van der Waals surface area contributed by atoms with Crippen molar-refractivity contribution >= 4 is 6.09 Å². The van der Waals surface area contributed by atoms with Gasteiger partial charge in [-0.3, -0.25) is 0 Å². The van der Waals surface area contributed by atoms with Gasteiger partial charge in [-0.1, -0.05) is 0 Å². The Balaban J connectivity index is 2.47. The van der Waals surface area contributed by atoms with Gasteiger partial charge in [-0.2, -0.15) is 0 Å². The summed E-state index contributed by atoms with van der Waals surface area (Å²) in [6.07, 6.45) is 3.13. The number of hydrogen-bond donors (Lipinski definition) is 0. The minimum Gasteiger partial charge on any atom is -0.500 e. The summed E-state index contributed by atoms with van der Waals surface area (Å²) >= 11 is 0. The van der Waals surface area contributed by atoms with Crippen molar-refractivity contribution < 1.29 is 14.3 Å². The highest BCUT2D eigenvalue weighted by atomic mass is 16.6. The van der Waals surface area contributed by atoms with E-state index in [1.54, 1.807) is 17.2 Å². The van der Waals surface area contributed by atoms with E-state index >= 15 is 0 Å². The first-order valence-corrected chi connectivity index (χ1v) is 4.73. The van der Waals surface area contributed by atoms with E-state index in [9.17, 15) is 4.79 Å². The lowest BCUT2D eigenvalue weighted by atomic mass is 10.2. The smallest absolute Gasteiger partial charge is 0.410 e. The summed E-state index contributed by atoms with van der Waals surface area (Å²) in [6, 6.07) is 0. The molecule has 0 aromatic rings. The molecule has 0 saturated heterocycles. The molecule has 0 radical (unpaired) electrons. The maximum Gasteiger partial charge on any atom is 0.410 e. The Morgan fingerprint density at radius 3 is 2.86 bits per heavy atom. The molecule has 0 aromatic carbocycles. The molecule has 0 unspecified atom stereocenters. The van der Waals surface area contributed by atoms with E-state index < -0.39 is 5.60 Å². The van der Waals surface area contributed by atoms with Crippen molar-refractivity contribution in [3.05, 3.63) is 12.3 Å². The molecule has 0 atom stereocenters. The second-order valence-electron chi connectivity index (χ2n) is 4.17.